The van der Waals surface area contributed by atoms with Gasteiger partial charge in [-0.1, -0.05) is 41.3 Å². The maximum Gasteiger partial charge on any atom is 0.0469 e. The number of aromatic nitrogens is 1. The van der Waals surface area contributed by atoms with Gasteiger partial charge in [-0.3, -0.25) is 4.98 Å². The Kier molecular flexibility index (Phi) is 3.51. The monoisotopic (exact) mass is 293 g/mol. The molecule has 0 aliphatic heterocycles. The van der Waals surface area contributed by atoms with E-state index in [9.17, 15) is 0 Å². The Morgan fingerprint density at radius 1 is 1.12 bits per heavy atom. The fraction of sp³-hybridized carbons (Fsp3) is 0.667. The molecule has 2 aliphatic rings. The van der Waals surface area contributed by atoms with E-state index in [1.54, 1.807) is 0 Å². The summed E-state index contributed by atoms with van der Waals surface area (Å²) in [5, 5.41) is 0. The molecule has 2 aliphatic carbocycles. The fourth-order valence-corrected chi connectivity index (χ4v) is 4.56. The van der Waals surface area contributed by atoms with E-state index in [1.165, 1.54) is 56.2 Å². The molecule has 0 aromatic carbocycles. The van der Waals surface area contributed by atoms with Crippen LogP contribution in [0.1, 0.15) is 55.7 Å². The predicted octanol–water partition coefficient (Wildman–Crippen LogP) is 4.46. The van der Waals surface area contributed by atoms with E-state index in [0.29, 0.717) is 10.7 Å². The molecule has 0 spiro atoms. The average Bonchev–Trinajstić information content (AvgIpc) is 2.66. The van der Waals surface area contributed by atoms with Gasteiger partial charge in [0, 0.05) is 22.6 Å². The van der Waals surface area contributed by atoms with Crippen LogP contribution < -0.4 is 0 Å². The van der Waals surface area contributed by atoms with Gasteiger partial charge < -0.3 is 0 Å². The highest BCUT2D eigenvalue weighted by Crippen LogP contribution is 2.44. The van der Waals surface area contributed by atoms with Crippen molar-refractivity contribution in [2.75, 3.05) is 0 Å². The fourth-order valence-electron chi connectivity index (χ4n) is 3.60. The van der Waals surface area contributed by atoms with Crippen LogP contribution in [-0.4, -0.2) is 9.81 Å². The van der Waals surface area contributed by atoms with Crippen LogP contribution in [0.4, 0.5) is 0 Å². The lowest BCUT2D eigenvalue weighted by atomic mass is 9.84. The molecule has 1 saturated carbocycles. The summed E-state index contributed by atoms with van der Waals surface area (Å²) >= 11 is 3.94. The highest BCUT2D eigenvalue weighted by Gasteiger charge is 2.34. The lowest BCUT2D eigenvalue weighted by molar-refractivity contribution is 0.382. The number of nitrogens with zero attached hydrogens (tertiary/aromatic N) is 1. The number of hydrogen-bond donors (Lipinski definition) is 0. The van der Waals surface area contributed by atoms with Crippen molar-refractivity contribution in [3.63, 3.8) is 0 Å². The highest BCUT2D eigenvalue weighted by molar-refractivity contribution is 9.09. The van der Waals surface area contributed by atoms with Gasteiger partial charge in [0.2, 0.25) is 0 Å². The van der Waals surface area contributed by atoms with E-state index in [2.05, 4.69) is 33.0 Å². The Morgan fingerprint density at radius 2 is 2.00 bits per heavy atom. The van der Waals surface area contributed by atoms with Crippen LogP contribution in [-0.2, 0) is 6.42 Å². The van der Waals surface area contributed by atoms with E-state index in [-0.39, 0.29) is 0 Å². The molecule has 1 fully saturated rings. The first kappa shape index (κ1) is 11.7. The molecular weight excluding hydrogens is 274 g/mol. The average molecular weight is 294 g/mol. The van der Waals surface area contributed by atoms with Gasteiger partial charge in [0.1, 0.15) is 0 Å². The number of halogens is 1. The van der Waals surface area contributed by atoms with Crippen molar-refractivity contribution in [2.45, 2.75) is 55.7 Å². The lowest BCUT2D eigenvalue weighted by Crippen LogP contribution is -2.20. The zero-order valence-electron chi connectivity index (χ0n) is 10.2. The van der Waals surface area contributed by atoms with Gasteiger partial charge in [-0.25, -0.2) is 0 Å². The summed E-state index contributed by atoms with van der Waals surface area (Å²) in [7, 11) is 0. The third-order valence-corrected chi connectivity index (χ3v) is 5.64. The number of pyridine rings is 1. The van der Waals surface area contributed by atoms with Crippen LogP contribution in [0.25, 0.3) is 0 Å². The summed E-state index contributed by atoms with van der Waals surface area (Å²) < 4.78 is 0. The largest absolute Gasteiger partial charge is 0.261 e. The van der Waals surface area contributed by atoms with E-state index >= 15 is 0 Å². The molecule has 1 nitrogen and oxygen atoms in total. The van der Waals surface area contributed by atoms with Crippen molar-refractivity contribution >= 4 is 15.9 Å². The second-order valence-electron chi connectivity index (χ2n) is 5.51. The molecular formula is C15H20BrN. The summed E-state index contributed by atoms with van der Waals surface area (Å²) in [4.78, 5) is 5.37. The van der Waals surface area contributed by atoms with Gasteiger partial charge >= 0.3 is 0 Å². The first-order valence-electron chi connectivity index (χ1n) is 6.94. The van der Waals surface area contributed by atoms with E-state index in [1.807, 2.05) is 6.20 Å². The predicted molar refractivity (Wildman–Crippen MR) is 74.6 cm³/mol. The third kappa shape index (κ3) is 2.29. The number of aryl methyl sites for hydroxylation is 1. The molecule has 1 aromatic rings. The van der Waals surface area contributed by atoms with Gasteiger partial charge in [0.15, 0.2) is 0 Å². The van der Waals surface area contributed by atoms with Gasteiger partial charge in [-0.15, -0.1) is 0 Å². The zero-order valence-corrected chi connectivity index (χ0v) is 11.8. The second-order valence-corrected chi connectivity index (χ2v) is 6.69. The van der Waals surface area contributed by atoms with Crippen molar-refractivity contribution in [3.8, 4) is 0 Å². The molecule has 3 rings (SSSR count). The normalized spacial score (nSPS) is 33.1. The Labute approximate surface area is 112 Å². The van der Waals surface area contributed by atoms with Crippen LogP contribution in [0.2, 0.25) is 0 Å². The summed E-state index contributed by atoms with van der Waals surface area (Å²) in [5.41, 5.74) is 2.91. The maximum atomic E-state index is 4.66. The molecule has 0 radical (unpaired) electrons. The third-order valence-electron chi connectivity index (χ3n) is 4.50. The maximum absolute atomic E-state index is 4.66. The number of alkyl halides is 1. The van der Waals surface area contributed by atoms with Gasteiger partial charge in [-0.2, -0.15) is 0 Å². The molecule has 0 saturated heterocycles. The van der Waals surface area contributed by atoms with Crippen LogP contribution in [0, 0.1) is 5.92 Å². The highest BCUT2D eigenvalue weighted by atomic mass is 79.9. The molecule has 92 valence electrons. The number of rotatable bonds is 1. The topological polar surface area (TPSA) is 12.9 Å². The van der Waals surface area contributed by atoms with E-state index in [4.69, 9.17) is 0 Å². The van der Waals surface area contributed by atoms with Crippen molar-refractivity contribution in [2.24, 2.45) is 5.92 Å². The van der Waals surface area contributed by atoms with Crippen LogP contribution in [0.5, 0.6) is 0 Å². The summed E-state index contributed by atoms with van der Waals surface area (Å²) in [6.07, 6.45) is 11.5. The number of fused-ring (bicyclic) bond motifs is 1. The standard InChI is InChI=1S/C15H20BrN/c16-14-7-3-1-2-6-12(14)13-9-8-11-5-4-10-17-15(11)13/h4-5,10,12-14H,1-3,6-9H2. The second kappa shape index (κ2) is 5.09. The van der Waals surface area contributed by atoms with Gasteiger partial charge in [-0.05, 0) is 43.2 Å². The molecule has 17 heavy (non-hydrogen) atoms. The van der Waals surface area contributed by atoms with E-state index < -0.39 is 0 Å². The molecule has 1 aromatic heterocycles. The lowest BCUT2D eigenvalue weighted by Gasteiger charge is -2.26. The molecule has 0 N–H and O–H groups in total. The van der Waals surface area contributed by atoms with Gasteiger partial charge in [0.25, 0.3) is 0 Å². The Hall–Kier alpha value is -0.370. The zero-order chi connectivity index (χ0) is 11.7. The minimum atomic E-state index is 0.711. The molecule has 0 amide bonds. The minimum absolute atomic E-state index is 0.711. The van der Waals surface area contributed by atoms with Crippen LogP contribution >= 0.6 is 15.9 Å². The van der Waals surface area contributed by atoms with Crippen LogP contribution in [0.15, 0.2) is 18.3 Å². The van der Waals surface area contributed by atoms with E-state index in [0.717, 1.165) is 5.92 Å². The number of hydrogen-bond acceptors (Lipinski definition) is 1. The summed E-state index contributed by atoms with van der Waals surface area (Å²) in [6, 6.07) is 4.35. The van der Waals surface area contributed by atoms with Crippen molar-refractivity contribution in [1.29, 1.82) is 0 Å². The smallest absolute Gasteiger partial charge is 0.0469 e. The summed E-state index contributed by atoms with van der Waals surface area (Å²) in [6.45, 7) is 0. The Balaban J connectivity index is 1.85. The minimum Gasteiger partial charge on any atom is -0.261 e. The molecule has 3 unspecified atom stereocenters. The van der Waals surface area contributed by atoms with Crippen molar-refractivity contribution in [3.05, 3.63) is 29.6 Å². The van der Waals surface area contributed by atoms with Crippen molar-refractivity contribution < 1.29 is 0 Å². The molecule has 1 heterocycles. The van der Waals surface area contributed by atoms with Crippen LogP contribution in [0.3, 0.4) is 0 Å². The molecule has 2 heteroatoms. The molecule has 3 atom stereocenters. The molecule has 0 bridgehead atoms. The Bertz CT molecular complexity index is 390. The SMILES string of the molecule is BrC1CCCCCC1C1CCc2cccnc21. The first-order chi connectivity index (χ1) is 8.36. The van der Waals surface area contributed by atoms with Crippen molar-refractivity contribution in [1.82, 2.24) is 4.98 Å². The summed E-state index contributed by atoms with van der Waals surface area (Å²) in [5.74, 6) is 1.53. The Morgan fingerprint density at radius 3 is 2.94 bits per heavy atom. The van der Waals surface area contributed by atoms with Gasteiger partial charge in [0.05, 0.1) is 0 Å². The first-order valence-corrected chi connectivity index (χ1v) is 7.85. The quantitative estimate of drug-likeness (QED) is 0.550.